The zero-order chi connectivity index (χ0) is 17.3. The van der Waals surface area contributed by atoms with Gasteiger partial charge in [0.2, 0.25) is 0 Å². The van der Waals surface area contributed by atoms with Gasteiger partial charge < -0.3 is 14.4 Å². The minimum atomic E-state index is -0.595. The Hall–Kier alpha value is -2.96. The van der Waals surface area contributed by atoms with E-state index in [1.165, 1.54) is 12.1 Å². The molecule has 0 aliphatic heterocycles. The molecule has 3 rings (SSSR count). The molecule has 24 heavy (non-hydrogen) atoms. The molecule has 1 unspecified atom stereocenters. The number of carbonyl (C=O) groups excluding carboxylic acids is 1. The van der Waals surface area contributed by atoms with E-state index in [1.807, 2.05) is 7.05 Å². The fourth-order valence-corrected chi connectivity index (χ4v) is 2.65. The van der Waals surface area contributed by atoms with Gasteiger partial charge in [-0.25, -0.2) is 9.37 Å². The Balaban J connectivity index is 2.00. The highest BCUT2D eigenvalue weighted by Gasteiger charge is 2.25. The standard InChI is InChI=1S/C17H17FN4O2/c1-10-14(11(2)24-21-10)17(23)20-15(16-19-7-8-22(16)3)12-5-4-6-13(18)9-12/h4-9,15H,1-3H3,(H,20,23). The van der Waals surface area contributed by atoms with Crippen LogP contribution in [0.4, 0.5) is 4.39 Å². The van der Waals surface area contributed by atoms with Gasteiger partial charge in [0, 0.05) is 19.4 Å². The highest BCUT2D eigenvalue weighted by molar-refractivity contribution is 5.96. The van der Waals surface area contributed by atoms with Crippen LogP contribution in [0.3, 0.4) is 0 Å². The topological polar surface area (TPSA) is 73.0 Å². The molecule has 2 heterocycles. The van der Waals surface area contributed by atoms with Crippen LogP contribution in [-0.4, -0.2) is 20.6 Å². The van der Waals surface area contributed by atoms with Crippen molar-refractivity contribution in [3.8, 4) is 0 Å². The number of aromatic nitrogens is 3. The molecule has 124 valence electrons. The van der Waals surface area contributed by atoms with Crippen molar-refractivity contribution in [1.29, 1.82) is 0 Å². The van der Waals surface area contributed by atoms with Gasteiger partial charge in [-0.2, -0.15) is 0 Å². The lowest BCUT2D eigenvalue weighted by atomic mass is 10.0. The van der Waals surface area contributed by atoms with E-state index in [0.29, 0.717) is 28.4 Å². The summed E-state index contributed by atoms with van der Waals surface area (Å²) >= 11 is 0. The average molecular weight is 328 g/mol. The lowest BCUT2D eigenvalue weighted by Gasteiger charge is -2.19. The zero-order valence-electron chi connectivity index (χ0n) is 13.6. The molecule has 3 aromatic rings. The maximum atomic E-state index is 13.6. The number of nitrogens with one attached hydrogen (secondary N) is 1. The molecule has 1 atom stereocenters. The molecular formula is C17H17FN4O2. The number of carbonyl (C=O) groups is 1. The minimum Gasteiger partial charge on any atom is -0.361 e. The van der Waals surface area contributed by atoms with E-state index in [4.69, 9.17) is 4.52 Å². The summed E-state index contributed by atoms with van der Waals surface area (Å²) in [5.74, 6) is 0.311. The second-order valence-electron chi connectivity index (χ2n) is 5.56. The van der Waals surface area contributed by atoms with Crippen molar-refractivity contribution in [2.45, 2.75) is 19.9 Å². The second kappa shape index (κ2) is 6.27. The number of hydrogen-bond donors (Lipinski definition) is 1. The van der Waals surface area contributed by atoms with Gasteiger partial charge in [0.25, 0.3) is 5.91 Å². The van der Waals surface area contributed by atoms with Gasteiger partial charge >= 0.3 is 0 Å². The smallest absolute Gasteiger partial charge is 0.257 e. The molecule has 0 bridgehead atoms. The second-order valence-corrected chi connectivity index (χ2v) is 5.56. The summed E-state index contributed by atoms with van der Waals surface area (Å²) in [6, 6.07) is 5.49. The third-order valence-electron chi connectivity index (χ3n) is 3.83. The van der Waals surface area contributed by atoms with Gasteiger partial charge in [0.15, 0.2) is 0 Å². The molecule has 1 aromatic carbocycles. The van der Waals surface area contributed by atoms with Crippen LogP contribution in [0.15, 0.2) is 41.2 Å². The van der Waals surface area contributed by atoms with Crippen molar-refractivity contribution >= 4 is 5.91 Å². The Morgan fingerprint density at radius 3 is 2.75 bits per heavy atom. The normalized spacial score (nSPS) is 12.2. The molecular weight excluding hydrogens is 311 g/mol. The molecule has 1 N–H and O–H groups in total. The van der Waals surface area contributed by atoms with Crippen molar-refractivity contribution < 1.29 is 13.7 Å². The molecule has 0 saturated carbocycles. The molecule has 0 radical (unpaired) electrons. The molecule has 0 aliphatic rings. The van der Waals surface area contributed by atoms with Crippen LogP contribution in [0.2, 0.25) is 0 Å². The van der Waals surface area contributed by atoms with Crippen LogP contribution in [0.5, 0.6) is 0 Å². The van der Waals surface area contributed by atoms with Crippen LogP contribution in [0.1, 0.15) is 39.2 Å². The summed E-state index contributed by atoms with van der Waals surface area (Å²) in [6.07, 6.45) is 3.40. The highest BCUT2D eigenvalue weighted by Crippen LogP contribution is 2.23. The summed E-state index contributed by atoms with van der Waals surface area (Å²) in [7, 11) is 1.82. The van der Waals surface area contributed by atoms with E-state index in [1.54, 1.807) is 42.9 Å². The number of halogens is 1. The average Bonchev–Trinajstić information content (AvgIpc) is 3.10. The van der Waals surface area contributed by atoms with Crippen molar-refractivity contribution in [3.05, 3.63) is 70.9 Å². The predicted molar refractivity (Wildman–Crippen MR) is 84.9 cm³/mol. The van der Waals surface area contributed by atoms with Gasteiger partial charge in [-0.3, -0.25) is 4.79 Å². The number of aryl methyl sites for hydroxylation is 3. The number of amides is 1. The molecule has 2 aromatic heterocycles. The Bertz CT molecular complexity index is 865. The van der Waals surface area contributed by atoms with Crippen molar-refractivity contribution in [2.24, 2.45) is 7.05 Å². The van der Waals surface area contributed by atoms with Crippen molar-refractivity contribution in [2.75, 3.05) is 0 Å². The summed E-state index contributed by atoms with van der Waals surface area (Å²) in [6.45, 7) is 3.37. The summed E-state index contributed by atoms with van der Waals surface area (Å²) in [4.78, 5) is 17.0. The van der Waals surface area contributed by atoms with Crippen LogP contribution in [0, 0.1) is 19.7 Å². The Labute approximate surface area is 138 Å². The molecule has 0 fully saturated rings. The quantitative estimate of drug-likeness (QED) is 0.799. The molecule has 1 amide bonds. The van der Waals surface area contributed by atoms with Crippen molar-refractivity contribution in [1.82, 2.24) is 20.0 Å². The first-order valence-electron chi connectivity index (χ1n) is 7.43. The Morgan fingerprint density at radius 2 is 2.17 bits per heavy atom. The number of rotatable bonds is 4. The monoisotopic (exact) mass is 328 g/mol. The summed E-state index contributed by atoms with van der Waals surface area (Å²) in [5, 5.41) is 6.69. The zero-order valence-corrected chi connectivity index (χ0v) is 13.6. The van der Waals surface area contributed by atoms with Gasteiger partial charge in [-0.05, 0) is 31.5 Å². The van der Waals surface area contributed by atoms with E-state index in [2.05, 4.69) is 15.5 Å². The lowest BCUT2D eigenvalue weighted by molar-refractivity contribution is 0.0939. The first-order chi connectivity index (χ1) is 11.5. The predicted octanol–water partition coefficient (Wildman–Crippen LogP) is 2.68. The fraction of sp³-hybridized carbons (Fsp3) is 0.235. The van der Waals surface area contributed by atoms with Gasteiger partial charge in [-0.15, -0.1) is 0 Å². The van der Waals surface area contributed by atoms with E-state index >= 15 is 0 Å². The van der Waals surface area contributed by atoms with E-state index in [-0.39, 0.29) is 11.7 Å². The Kier molecular flexibility index (Phi) is 4.16. The van der Waals surface area contributed by atoms with E-state index < -0.39 is 6.04 Å². The summed E-state index contributed by atoms with van der Waals surface area (Å²) < 4.78 is 20.5. The molecule has 0 saturated heterocycles. The fourth-order valence-electron chi connectivity index (χ4n) is 2.65. The first-order valence-corrected chi connectivity index (χ1v) is 7.43. The highest BCUT2D eigenvalue weighted by atomic mass is 19.1. The minimum absolute atomic E-state index is 0.344. The summed E-state index contributed by atoms with van der Waals surface area (Å²) in [5.41, 5.74) is 1.48. The van der Waals surface area contributed by atoms with Gasteiger partial charge in [-0.1, -0.05) is 17.3 Å². The number of benzene rings is 1. The molecule has 7 heteroatoms. The number of imidazole rings is 1. The number of nitrogens with zero attached hydrogens (tertiary/aromatic N) is 3. The van der Waals surface area contributed by atoms with E-state index in [9.17, 15) is 9.18 Å². The van der Waals surface area contributed by atoms with Crippen LogP contribution < -0.4 is 5.32 Å². The van der Waals surface area contributed by atoms with Crippen LogP contribution in [0.25, 0.3) is 0 Å². The number of hydrogen-bond acceptors (Lipinski definition) is 4. The molecule has 6 nitrogen and oxygen atoms in total. The van der Waals surface area contributed by atoms with Crippen LogP contribution >= 0.6 is 0 Å². The Morgan fingerprint density at radius 1 is 1.38 bits per heavy atom. The van der Waals surface area contributed by atoms with E-state index in [0.717, 1.165) is 0 Å². The maximum Gasteiger partial charge on any atom is 0.257 e. The SMILES string of the molecule is Cc1noc(C)c1C(=O)NC(c1cccc(F)c1)c1nccn1C. The third kappa shape index (κ3) is 2.92. The van der Waals surface area contributed by atoms with Crippen molar-refractivity contribution in [3.63, 3.8) is 0 Å². The first kappa shape index (κ1) is 15.9. The van der Waals surface area contributed by atoms with Crippen LogP contribution in [-0.2, 0) is 7.05 Å². The molecule has 0 aliphatic carbocycles. The van der Waals surface area contributed by atoms with Gasteiger partial charge in [0.05, 0.1) is 5.69 Å². The third-order valence-corrected chi connectivity index (χ3v) is 3.83. The lowest BCUT2D eigenvalue weighted by Crippen LogP contribution is -2.31. The molecule has 0 spiro atoms. The maximum absolute atomic E-state index is 13.6. The largest absolute Gasteiger partial charge is 0.361 e. The van der Waals surface area contributed by atoms with Gasteiger partial charge in [0.1, 0.15) is 29.0 Å².